The number of anilines is 1. The quantitative estimate of drug-likeness (QED) is 0.305. The molecule has 200 valence electrons. The van der Waals surface area contributed by atoms with Gasteiger partial charge in [-0.2, -0.15) is 15.4 Å². The number of carbonyl (C=O) groups is 3. The summed E-state index contributed by atoms with van der Waals surface area (Å²) in [6.45, 7) is 4.43. The van der Waals surface area contributed by atoms with Crippen LogP contribution in [-0.4, -0.2) is 50.6 Å². The summed E-state index contributed by atoms with van der Waals surface area (Å²) in [4.78, 5) is 39.9. The molecule has 38 heavy (non-hydrogen) atoms. The third kappa shape index (κ3) is 4.38. The van der Waals surface area contributed by atoms with Crippen LogP contribution in [0.5, 0.6) is 0 Å². The summed E-state index contributed by atoms with van der Waals surface area (Å²) in [6, 6.07) is 5.50. The molecule has 0 atom stereocenters. The molecule has 10 nitrogen and oxygen atoms in total. The number of rotatable bonds is 8. The fraction of sp³-hybridized carbons (Fsp3) is 0.423. The Hall–Kier alpha value is -3.93. The van der Waals surface area contributed by atoms with E-state index in [2.05, 4.69) is 26.0 Å². The number of aromatic amines is 1. The lowest BCUT2D eigenvalue weighted by Gasteiger charge is -2.46. The number of methoxy groups -OCH3 is 1. The number of alkyl halides is 2. The number of hydrogen-bond donors (Lipinski definition) is 3. The topological polar surface area (TPSA) is 131 Å². The number of amides is 2. The largest absolute Gasteiger partial charge is 0.380 e. The van der Waals surface area contributed by atoms with Crippen LogP contribution in [0.3, 0.4) is 0 Å². The summed E-state index contributed by atoms with van der Waals surface area (Å²) in [5, 5.41) is 15.3. The summed E-state index contributed by atoms with van der Waals surface area (Å²) in [7, 11) is 1.59. The molecule has 1 fully saturated rings. The van der Waals surface area contributed by atoms with Gasteiger partial charge in [-0.25, -0.2) is 8.78 Å². The van der Waals surface area contributed by atoms with Crippen LogP contribution >= 0.6 is 0 Å². The van der Waals surface area contributed by atoms with E-state index in [0.29, 0.717) is 48.5 Å². The van der Waals surface area contributed by atoms with Crippen molar-refractivity contribution >= 4 is 23.3 Å². The van der Waals surface area contributed by atoms with E-state index in [1.165, 1.54) is 6.20 Å². The Balaban J connectivity index is 1.42. The molecule has 3 aromatic rings. The monoisotopic (exact) mass is 526 g/mol. The molecule has 1 aromatic carbocycles. The first kappa shape index (κ1) is 25.7. The van der Waals surface area contributed by atoms with Gasteiger partial charge in [-0.05, 0) is 55.5 Å². The van der Waals surface area contributed by atoms with E-state index >= 15 is 0 Å². The van der Waals surface area contributed by atoms with Gasteiger partial charge in [-0.1, -0.05) is 6.07 Å². The van der Waals surface area contributed by atoms with Gasteiger partial charge in [0.15, 0.2) is 0 Å². The molecule has 1 aliphatic carbocycles. The summed E-state index contributed by atoms with van der Waals surface area (Å²) in [5.41, 5.74) is 2.64. The normalized spacial score (nSPS) is 17.0. The Morgan fingerprint density at radius 3 is 2.63 bits per heavy atom. The van der Waals surface area contributed by atoms with E-state index in [1.807, 2.05) is 19.1 Å². The SMILES string of the molecule is COCc1cc(NC(=O)c2c(C)c(C(=O)C(=O)NC3(c4cn[nH]n4)CC(F)(F)C3)n3c2CCC3)ccc1C. The Labute approximate surface area is 217 Å². The minimum absolute atomic E-state index is 0.0884. The zero-order chi connectivity index (χ0) is 27.2. The molecule has 12 heteroatoms. The zero-order valence-electron chi connectivity index (χ0n) is 21.3. The van der Waals surface area contributed by atoms with E-state index < -0.39 is 41.9 Å². The van der Waals surface area contributed by atoms with E-state index in [9.17, 15) is 23.2 Å². The standard InChI is InChI=1S/C26H28F2N6O4/c1-14-6-7-17(9-16(14)11-38-3)30-23(36)20-15(2)21(34-8-4-5-18(20)34)22(35)24(37)31-25(12-26(27,28)13-25)19-10-29-33-32-19/h6-7,9-10H,4-5,8,11-13H2,1-3H3,(H,30,36)(H,31,37)(H,29,32,33). The highest BCUT2D eigenvalue weighted by Crippen LogP contribution is 2.51. The number of Topliss-reactive ketones (excluding diaryl/α,β-unsaturated/α-hetero) is 1. The maximum Gasteiger partial charge on any atom is 0.294 e. The Bertz CT molecular complexity index is 1420. The lowest BCUT2D eigenvalue weighted by atomic mass is 9.71. The highest BCUT2D eigenvalue weighted by molar-refractivity contribution is 6.43. The second-order valence-corrected chi connectivity index (χ2v) is 10.0. The fourth-order valence-corrected chi connectivity index (χ4v) is 5.55. The van der Waals surface area contributed by atoms with Gasteiger partial charge in [0.05, 0.1) is 29.6 Å². The number of aryl methyl sites for hydroxylation is 1. The van der Waals surface area contributed by atoms with Gasteiger partial charge in [-0.15, -0.1) is 0 Å². The van der Waals surface area contributed by atoms with Gasteiger partial charge in [-0.3, -0.25) is 14.4 Å². The molecule has 0 spiro atoms. The van der Waals surface area contributed by atoms with Crippen LogP contribution in [0.25, 0.3) is 0 Å². The predicted molar refractivity (Wildman–Crippen MR) is 132 cm³/mol. The van der Waals surface area contributed by atoms with Gasteiger partial charge in [0.25, 0.3) is 23.5 Å². The minimum Gasteiger partial charge on any atom is -0.380 e. The molecule has 2 amide bonds. The maximum atomic E-state index is 13.9. The minimum atomic E-state index is -2.99. The van der Waals surface area contributed by atoms with Crippen LogP contribution in [-0.2, 0) is 34.6 Å². The summed E-state index contributed by atoms with van der Waals surface area (Å²) >= 11 is 0. The van der Waals surface area contributed by atoms with Gasteiger partial charge >= 0.3 is 0 Å². The number of nitrogens with zero attached hydrogens (tertiary/aromatic N) is 3. The Morgan fingerprint density at radius 2 is 1.97 bits per heavy atom. The number of benzene rings is 1. The summed E-state index contributed by atoms with van der Waals surface area (Å²) in [6.07, 6.45) is 1.15. The number of H-pyrrole nitrogens is 1. The number of halogens is 2. The molecule has 3 N–H and O–H groups in total. The van der Waals surface area contributed by atoms with Crippen LogP contribution in [0.4, 0.5) is 14.5 Å². The average Bonchev–Trinajstić information content (AvgIpc) is 3.57. The highest BCUT2D eigenvalue weighted by Gasteiger charge is 2.60. The third-order valence-electron chi connectivity index (χ3n) is 7.34. The molecule has 0 unspecified atom stereocenters. The van der Waals surface area contributed by atoms with E-state index in [1.54, 1.807) is 24.7 Å². The number of ether oxygens (including phenoxy) is 1. The van der Waals surface area contributed by atoms with Crippen LogP contribution in [0.1, 0.15) is 68.2 Å². The number of fused-ring (bicyclic) bond motifs is 1. The molecule has 3 heterocycles. The molecule has 2 aromatic heterocycles. The lowest BCUT2D eigenvalue weighted by Crippen LogP contribution is -2.61. The van der Waals surface area contributed by atoms with Crippen molar-refractivity contribution in [1.82, 2.24) is 25.3 Å². The van der Waals surface area contributed by atoms with Crippen molar-refractivity contribution < 1.29 is 27.9 Å². The molecule has 0 radical (unpaired) electrons. The first-order chi connectivity index (χ1) is 18.0. The lowest BCUT2D eigenvalue weighted by molar-refractivity contribution is -0.148. The van der Waals surface area contributed by atoms with Gasteiger partial charge < -0.3 is 19.9 Å². The zero-order valence-corrected chi connectivity index (χ0v) is 21.3. The summed E-state index contributed by atoms with van der Waals surface area (Å²) in [5.74, 6) is -5.31. The Kier molecular flexibility index (Phi) is 6.38. The number of aromatic nitrogens is 4. The first-order valence-corrected chi connectivity index (χ1v) is 12.3. The maximum absolute atomic E-state index is 13.9. The van der Waals surface area contributed by atoms with Crippen LogP contribution in [0.2, 0.25) is 0 Å². The third-order valence-corrected chi connectivity index (χ3v) is 7.34. The molecule has 0 saturated heterocycles. The second kappa shape index (κ2) is 9.43. The van der Waals surface area contributed by atoms with Crippen LogP contribution in [0, 0.1) is 13.8 Å². The van der Waals surface area contributed by atoms with Crippen molar-refractivity contribution in [1.29, 1.82) is 0 Å². The van der Waals surface area contributed by atoms with Crippen molar-refractivity contribution in [3.63, 3.8) is 0 Å². The number of carbonyl (C=O) groups excluding carboxylic acids is 3. The van der Waals surface area contributed by atoms with Crippen molar-refractivity contribution in [3.05, 3.63) is 63.7 Å². The van der Waals surface area contributed by atoms with Crippen LogP contribution < -0.4 is 10.6 Å². The van der Waals surface area contributed by atoms with Crippen LogP contribution in [0.15, 0.2) is 24.4 Å². The van der Waals surface area contributed by atoms with E-state index in [0.717, 1.165) is 11.1 Å². The van der Waals surface area contributed by atoms with Crippen molar-refractivity contribution in [2.24, 2.45) is 0 Å². The molecule has 2 aliphatic rings. The van der Waals surface area contributed by atoms with Gasteiger partial charge in [0, 0.05) is 37.9 Å². The van der Waals surface area contributed by atoms with Gasteiger partial charge in [0.1, 0.15) is 5.69 Å². The fourth-order valence-electron chi connectivity index (χ4n) is 5.55. The average molecular weight is 527 g/mol. The van der Waals surface area contributed by atoms with Crippen molar-refractivity contribution in [2.75, 3.05) is 12.4 Å². The molecule has 1 aliphatic heterocycles. The van der Waals surface area contributed by atoms with Gasteiger partial charge in [0.2, 0.25) is 0 Å². The van der Waals surface area contributed by atoms with E-state index in [-0.39, 0.29) is 11.4 Å². The second-order valence-electron chi connectivity index (χ2n) is 10.0. The molecule has 1 saturated carbocycles. The number of ketones is 1. The molecular formula is C26H28F2N6O4. The first-order valence-electron chi connectivity index (χ1n) is 12.3. The highest BCUT2D eigenvalue weighted by atomic mass is 19.3. The van der Waals surface area contributed by atoms with Crippen molar-refractivity contribution in [2.45, 2.75) is 64.1 Å². The number of nitrogens with one attached hydrogen (secondary N) is 3. The van der Waals surface area contributed by atoms with Crippen molar-refractivity contribution in [3.8, 4) is 0 Å². The summed E-state index contributed by atoms with van der Waals surface area (Å²) < 4.78 is 34.6. The Morgan fingerprint density at radius 1 is 1.21 bits per heavy atom. The predicted octanol–water partition coefficient (Wildman–Crippen LogP) is 3.19. The molecule has 5 rings (SSSR count). The molecular weight excluding hydrogens is 498 g/mol. The molecule has 0 bridgehead atoms. The number of hydrogen-bond acceptors (Lipinski definition) is 6. The smallest absolute Gasteiger partial charge is 0.294 e. The van der Waals surface area contributed by atoms with E-state index in [4.69, 9.17) is 4.74 Å².